The lowest BCUT2D eigenvalue weighted by Crippen LogP contribution is -2.51. The molecule has 636 valence electrons. The number of likely N-dealkylation sites (tertiary alicyclic amines) is 4. The summed E-state index contributed by atoms with van der Waals surface area (Å²) in [5, 5.41) is 3.23. The number of aromatic amines is 4. The number of rotatable bonds is 25. The van der Waals surface area contributed by atoms with Crippen LogP contribution in [0, 0.1) is 29.2 Å². The Morgan fingerprint density at radius 1 is 0.432 bits per heavy atom. The SMILES string of the molecule is [2H]C([2H])(c1c(-c2[nH]c3cc(F)ccc3c2C([2H])([2H])[C@@H]2CC(OC(C)=O)CN2C(=O)[C@H](CC)NC(=O)OC(C)(C)C)[nH]c2cc(F)ccc12)[C@@H]1C[C@H](OC(C)=O)CN1C(=O)[C@H](CC)CC(=O)OC(C)(C)C.[2H]C([2H])(c1c(-c2[nH]c3cc(F)ccc3c2C([2H])([2H])[C@@H]2C[C@H](OC(C)=O)CN2C(=O)[C@@H](N)CC)[nH]c2cc(F)ccc12)[C@@H]1CC(OC(C)=O)CN1C(=O)[C@@H](N)CC. The number of aromatic nitrogens is 4. The first-order valence-electron chi connectivity index (χ1n) is 43.7. The highest BCUT2D eigenvalue weighted by molar-refractivity contribution is 5.99. The first kappa shape index (κ1) is 77.1. The maximum Gasteiger partial charge on any atom is 0.408 e. The van der Waals surface area contributed by atoms with Crippen molar-refractivity contribution in [3.05, 3.63) is 118 Å². The van der Waals surface area contributed by atoms with Crippen LogP contribution in [0.2, 0.25) is 0 Å². The number of esters is 5. The average molecular weight is 1650 g/mol. The standard InChI is InChI=1S/C49H63F2N5O10.C38H46F2N6O6/c1-11-28(17-42(59)65-48(5,6)7)45(60)55-24-33(63-26(3)57)20-31(55)22-37-35-15-13-29(50)18-40(35)52-43(37)44-38(36-16-14-30(51)19-41(36)53-44)23-32-21-34(64-27(4)58)25-56(32)46(61)39(12-2)54-47(62)66-49(8,9)10;1-5-31(41)37(49)45-17-25(51-19(3)47)13-23(45)15-29-27-9-7-21(39)11-33(27)43-35(29)36-30(28-10-8-22(40)12-34(28)44-36)16-24-14-26(52-20(4)48)18-46(24)38(50)32(42)6-2/h13-16,18-19,28,31-34,39,52-53H,11-12,17,20-25H2,1-10H3,(H,54,62);7-12,23-26,31-32,43-44H,5-6,13-18,41-42H2,1-4H3/t28-,31+,32+,33+,34?,39+;23-,24-,25-,26?,31-,32-/m10/s1/i22D2,23D2;15D2,16D2. The monoisotopic (exact) mass is 1650 g/mol. The van der Waals surface area contributed by atoms with Gasteiger partial charge in [-0.15, -0.1) is 0 Å². The fourth-order valence-corrected chi connectivity index (χ4v) is 15.7. The third kappa shape index (κ3) is 20.6. The first-order valence-corrected chi connectivity index (χ1v) is 39.7. The molecule has 0 saturated carbocycles. The lowest BCUT2D eigenvalue weighted by molar-refractivity contribution is -0.158. The molecule has 4 aliphatic rings. The molecule has 4 fully saturated rings. The van der Waals surface area contributed by atoms with E-state index in [1.165, 1.54) is 71.6 Å². The summed E-state index contributed by atoms with van der Waals surface area (Å²) in [6, 6.07) is 5.83. The van der Waals surface area contributed by atoms with Crippen LogP contribution in [-0.2, 0) is 97.1 Å². The Bertz CT molecular complexity index is 5200. The number of H-pyrrole nitrogens is 4. The summed E-state index contributed by atoms with van der Waals surface area (Å²) in [7, 11) is 0. The number of halogens is 4. The second-order valence-electron chi connectivity index (χ2n) is 32.3. The molecule has 0 bridgehead atoms. The molecule has 2 unspecified atom stereocenters. The van der Waals surface area contributed by atoms with Gasteiger partial charge in [-0.1, -0.05) is 27.7 Å². The molecule has 0 spiro atoms. The zero-order valence-corrected chi connectivity index (χ0v) is 68.5. The van der Waals surface area contributed by atoms with Crippen molar-refractivity contribution in [1.29, 1.82) is 0 Å². The van der Waals surface area contributed by atoms with Crippen LogP contribution in [0.15, 0.2) is 72.8 Å². The summed E-state index contributed by atoms with van der Waals surface area (Å²) in [4.78, 5) is 149. The molecule has 8 heterocycles. The molecule has 9 N–H and O–H groups in total. The number of nitrogens with zero attached hydrogens (tertiary/aromatic N) is 4. The molecule has 4 aromatic heterocycles. The van der Waals surface area contributed by atoms with E-state index in [0.717, 1.165) is 48.5 Å². The predicted octanol–water partition coefficient (Wildman–Crippen LogP) is 12.0. The molecule has 118 heavy (non-hydrogen) atoms. The highest BCUT2D eigenvalue weighted by Crippen LogP contribution is 2.44. The highest BCUT2D eigenvalue weighted by atomic mass is 19.1. The van der Waals surface area contributed by atoms with Crippen LogP contribution in [-0.4, -0.2) is 203 Å². The molecular weight excluding hydrogens is 1530 g/mol. The largest absolute Gasteiger partial charge is 0.461 e. The number of nitrogens with one attached hydrogen (secondary N) is 5. The Kier molecular flexibility index (Phi) is 23.9. The Labute approximate surface area is 693 Å². The van der Waals surface area contributed by atoms with Gasteiger partial charge in [-0.3, -0.25) is 43.2 Å². The van der Waals surface area contributed by atoms with Gasteiger partial charge in [0, 0.05) is 138 Å². The Balaban J connectivity index is 0.000000251. The van der Waals surface area contributed by atoms with E-state index in [2.05, 4.69) is 25.3 Å². The van der Waals surface area contributed by atoms with E-state index in [4.69, 9.17) is 39.9 Å². The average Bonchev–Trinajstić information content (AvgIpc) is 1.56. The minimum atomic E-state index is -2.67. The van der Waals surface area contributed by atoms with Crippen molar-refractivity contribution in [2.75, 3.05) is 26.2 Å². The predicted molar refractivity (Wildman–Crippen MR) is 433 cm³/mol. The van der Waals surface area contributed by atoms with E-state index >= 15 is 8.78 Å². The van der Waals surface area contributed by atoms with Crippen LogP contribution in [0.3, 0.4) is 0 Å². The number of alkyl carbamates (subject to hydrolysis) is 1. The summed E-state index contributed by atoms with van der Waals surface area (Å²) in [5.74, 6) is -9.42. The zero-order valence-electron chi connectivity index (χ0n) is 76.5. The van der Waals surface area contributed by atoms with E-state index in [1.807, 2.05) is 0 Å². The molecule has 5 amide bonds. The Morgan fingerprint density at radius 3 is 0.966 bits per heavy atom. The Morgan fingerprint density at radius 2 is 0.712 bits per heavy atom. The van der Waals surface area contributed by atoms with Crippen molar-refractivity contribution in [3.63, 3.8) is 0 Å². The van der Waals surface area contributed by atoms with E-state index in [0.29, 0.717) is 0 Å². The van der Waals surface area contributed by atoms with Crippen LogP contribution in [0.4, 0.5) is 22.4 Å². The maximum absolute atomic E-state index is 15.2. The lowest BCUT2D eigenvalue weighted by atomic mass is 9.94. The van der Waals surface area contributed by atoms with Crippen molar-refractivity contribution in [2.24, 2.45) is 17.4 Å². The van der Waals surface area contributed by atoms with E-state index in [-0.39, 0.29) is 173 Å². The molecule has 8 aromatic rings. The first-order chi connectivity index (χ1) is 58.7. The fraction of sp³-hybridized carbons (Fsp3) is 0.517. The number of benzene rings is 4. The van der Waals surface area contributed by atoms with Crippen LogP contribution >= 0.6 is 0 Å². The number of carbonyl (C=O) groups is 10. The van der Waals surface area contributed by atoms with Crippen molar-refractivity contribution < 1.29 is 105 Å². The van der Waals surface area contributed by atoms with Crippen molar-refractivity contribution in [2.45, 2.75) is 258 Å². The number of ether oxygens (including phenoxy) is 6. The van der Waals surface area contributed by atoms with E-state index in [1.54, 1.807) is 69.2 Å². The quantitative estimate of drug-likeness (QED) is 0.0159. The molecule has 4 aliphatic heterocycles. The second-order valence-corrected chi connectivity index (χ2v) is 32.3. The number of fused-ring (bicyclic) bond motifs is 4. The minimum absolute atomic E-state index is 0.0353. The highest BCUT2D eigenvalue weighted by Gasteiger charge is 2.46. The van der Waals surface area contributed by atoms with E-state index in [9.17, 15) is 67.7 Å². The number of hydrogen-bond acceptors (Lipinski definition) is 18. The smallest absolute Gasteiger partial charge is 0.408 e. The summed E-state index contributed by atoms with van der Waals surface area (Å²) in [6.07, 6.45) is -15.3. The van der Waals surface area contributed by atoms with Gasteiger partial charge in [0.05, 0.1) is 67.5 Å². The molecular formula is C87H109F4N11O16. The van der Waals surface area contributed by atoms with Gasteiger partial charge in [0.25, 0.3) is 0 Å². The van der Waals surface area contributed by atoms with Crippen LogP contribution < -0.4 is 16.8 Å². The third-order valence-corrected chi connectivity index (χ3v) is 20.9. The van der Waals surface area contributed by atoms with Gasteiger partial charge in [0.15, 0.2) is 0 Å². The normalized spacial score (nSPS) is 22.0. The van der Waals surface area contributed by atoms with Crippen LogP contribution in [0.1, 0.15) is 188 Å². The summed E-state index contributed by atoms with van der Waals surface area (Å²) >= 11 is 0. The van der Waals surface area contributed by atoms with Crippen molar-refractivity contribution in [3.8, 4) is 22.8 Å². The topological polar surface area (TPSA) is 366 Å². The van der Waals surface area contributed by atoms with Gasteiger partial charge in [0.2, 0.25) is 23.6 Å². The van der Waals surface area contributed by atoms with Crippen LogP contribution in [0.5, 0.6) is 0 Å². The number of carbonyl (C=O) groups excluding carboxylic acids is 10. The molecule has 31 heteroatoms. The van der Waals surface area contributed by atoms with Gasteiger partial charge in [-0.2, -0.15) is 0 Å². The van der Waals surface area contributed by atoms with Gasteiger partial charge in [0.1, 0.15) is 64.9 Å². The molecule has 12 atom stereocenters. The molecule has 27 nitrogen and oxygen atoms in total. The number of hydrogen-bond donors (Lipinski definition) is 7. The maximum atomic E-state index is 15.2. The molecule has 0 aliphatic carbocycles. The third-order valence-electron chi connectivity index (χ3n) is 20.9. The van der Waals surface area contributed by atoms with Gasteiger partial charge in [-0.05, 0) is 188 Å². The molecule has 4 saturated heterocycles. The lowest BCUT2D eigenvalue weighted by Gasteiger charge is -2.30. The van der Waals surface area contributed by atoms with Crippen molar-refractivity contribution >= 4 is 103 Å². The summed E-state index contributed by atoms with van der Waals surface area (Å²) in [5.41, 5.74) is 10.2. The van der Waals surface area contributed by atoms with Crippen LogP contribution in [0.25, 0.3) is 66.4 Å². The van der Waals surface area contributed by atoms with Gasteiger partial charge in [-0.25, -0.2) is 22.4 Å². The number of nitrogens with two attached hydrogens (primary N) is 2. The summed E-state index contributed by atoms with van der Waals surface area (Å²) in [6.45, 7) is 20.7. The molecule has 12 rings (SSSR count). The minimum Gasteiger partial charge on any atom is -0.461 e. The summed E-state index contributed by atoms with van der Waals surface area (Å²) < 4.78 is 173. The molecule has 0 radical (unpaired) electrons. The Hall–Kier alpha value is -10.8. The van der Waals surface area contributed by atoms with E-state index < -0.39 is 192 Å². The fourth-order valence-electron chi connectivity index (χ4n) is 15.7. The zero-order chi connectivity index (χ0) is 93.0. The molecule has 4 aromatic carbocycles. The second kappa shape index (κ2) is 36.6. The van der Waals surface area contributed by atoms with Gasteiger partial charge >= 0.3 is 35.9 Å². The van der Waals surface area contributed by atoms with Crippen molar-refractivity contribution in [1.82, 2.24) is 44.9 Å². The van der Waals surface area contributed by atoms with Gasteiger partial charge < -0.3 is 84.7 Å². The number of amides is 5.